The minimum atomic E-state index is 0.0329. The van der Waals surface area contributed by atoms with Crippen molar-refractivity contribution in [3.05, 3.63) is 95.5 Å². The maximum absolute atomic E-state index is 12.8. The van der Waals surface area contributed by atoms with E-state index in [4.69, 9.17) is 4.74 Å². The first kappa shape index (κ1) is 22.4. The van der Waals surface area contributed by atoms with Crippen molar-refractivity contribution < 1.29 is 14.3 Å². The molecule has 0 atom stereocenters. The molecule has 0 radical (unpaired) electrons. The molecule has 0 N–H and O–H groups in total. The van der Waals surface area contributed by atoms with Crippen LogP contribution in [0.5, 0.6) is 11.5 Å². The Kier molecular flexibility index (Phi) is 6.50. The van der Waals surface area contributed by atoms with E-state index in [0.29, 0.717) is 15.7 Å². The molecule has 0 bridgehead atoms. The molecule has 0 saturated carbocycles. The fourth-order valence-electron chi connectivity index (χ4n) is 5.20. The molecule has 3 aromatic rings. The van der Waals surface area contributed by atoms with Gasteiger partial charge in [0.05, 0.1) is 5.56 Å². The summed E-state index contributed by atoms with van der Waals surface area (Å²) in [5, 5.41) is 11.2. The number of benzene rings is 2. The molecule has 176 valence electrons. The molecular formula is C28H31N3O3. The summed E-state index contributed by atoms with van der Waals surface area (Å²) in [4.78, 5) is 17.3. The molecule has 1 aromatic heterocycles. The number of ether oxygens (including phenoxy) is 1. The Balaban J connectivity index is 1.12. The SMILES string of the molecule is O=C(c1cc[n+]([O-])cc1)N1CCC2(CCN(Cc3cccc(Oc4ccccc4)c3)CC2)CC1. The highest BCUT2D eigenvalue weighted by Gasteiger charge is 2.38. The van der Waals surface area contributed by atoms with Gasteiger partial charge in [0.1, 0.15) is 11.5 Å². The fourth-order valence-corrected chi connectivity index (χ4v) is 5.20. The molecular weight excluding hydrogens is 426 g/mol. The van der Waals surface area contributed by atoms with Crippen LogP contribution in [-0.4, -0.2) is 41.9 Å². The molecule has 2 saturated heterocycles. The lowest BCUT2D eigenvalue weighted by atomic mass is 9.71. The number of amides is 1. The molecule has 2 aliphatic rings. The van der Waals surface area contributed by atoms with Gasteiger partial charge in [-0.05, 0) is 74.0 Å². The summed E-state index contributed by atoms with van der Waals surface area (Å²) in [6, 6.07) is 21.5. The van der Waals surface area contributed by atoms with E-state index in [2.05, 4.69) is 23.1 Å². The Bertz CT molecular complexity index is 1100. The monoisotopic (exact) mass is 457 g/mol. The normalized spacial score (nSPS) is 18.1. The van der Waals surface area contributed by atoms with Crippen molar-refractivity contribution in [1.29, 1.82) is 0 Å². The number of pyridine rings is 1. The van der Waals surface area contributed by atoms with E-state index < -0.39 is 0 Å². The summed E-state index contributed by atoms with van der Waals surface area (Å²) in [5.41, 5.74) is 2.21. The van der Waals surface area contributed by atoms with E-state index in [0.717, 1.165) is 57.1 Å². The van der Waals surface area contributed by atoms with Crippen LogP contribution in [0.3, 0.4) is 0 Å². The number of piperidine rings is 2. The second kappa shape index (κ2) is 9.85. The average molecular weight is 458 g/mol. The fraction of sp³-hybridized carbons (Fsp3) is 0.357. The number of carbonyl (C=O) groups excluding carboxylic acids is 1. The second-order valence-electron chi connectivity index (χ2n) is 9.58. The van der Waals surface area contributed by atoms with Gasteiger partial charge in [-0.15, -0.1) is 0 Å². The molecule has 1 amide bonds. The van der Waals surface area contributed by atoms with Gasteiger partial charge in [-0.3, -0.25) is 9.69 Å². The number of para-hydroxylation sites is 1. The highest BCUT2D eigenvalue weighted by molar-refractivity contribution is 5.94. The largest absolute Gasteiger partial charge is 0.619 e. The Morgan fingerprint density at radius 1 is 0.853 bits per heavy atom. The summed E-state index contributed by atoms with van der Waals surface area (Å²) in [6.07, 6.45) is 7.24. The van der Waals surface area contributed by atoms with Gasteiger partial charge in [-0.25, -0.2) is 0 Å². The molecule has 2 aliphatic heterocycles. The third-order valence-electron chi connectivity index (χ3n) is 7.36. The molecule has 34 heavy (non-hydrogen) atoms. The minimum absolute atomic E-state index is 0.0329. The quantitative estimate of drug-likeness (QED) is 0.414. The first-order valence-electron chi connectivity index (χ1n) is 12.1. The van der Waals surface area contributed by atoms with Crippen molar-refractivity contribution in [3.63, 3.8) is 0 Å². The van der Waals surface area contributed by atoms with E-state index in [1.165, 1.54) is 30.8 Å². The molecule has 6 nitrogen and oxygen atoms in total. The highest BCUT2D eigenvalue weighted by Crippen LogP contribution is 2.41. The molecule has 2 aromatic carbocycles. The average Bonchev–Trinajstić information content (AvgIpc) is 2.87. The number of hydrogen-bond donors (Lipinski definition) is 0. The second-order valence-corrected chi connectivity index (χ2v) is 9.58. The number of nitrogens with zero attached hydrogens (tertiary/aromatic N) is 3. The van der Waals surface area contributed by atoms with E-state index in [9.17, 15) is 10.0 Å². The zero-order valence-corrected chi connectivity index (χ0v) is 19.4. The van der Waals surface area contributed by atoms with Crippen LogP contribution in [0.2, 0.25) is 0 Å². The number of likely N-dealkylation sites (tertiary alicyclic amines) is 2. The van der Waals surface area contributed by atoms with Gasteiger partial charge in [0.25, 0.3) is 5.91 Å². The summed E-state index contributed by atoms with van der Waals surface area (Å²) in [5.74, 6) is 1.76. The number of aromatic nitrogens is 1. The van der Waals surface area contributed by atoms with Crippen LogP contribution in [0.1, 0.15) is 41.6 Å². The van der Waals surface area contributed by atoms with Crippen LogP contribution < -0.4 is 9.47 Å². The van der Waals surface area contributed by atoms with Crippen molar-refractivity contribution in [3.8, 4) is 11.5 Å². The van der Waals surface area contributed by atoms with Crippen LogP contribution in [-0.2, 0) is 6.54 Å². The van der Waals surface area contributed by atoms with E-state index >= 15 is 0 Å². The molecule has 6 heteroatoms. The maximum Gasteiger partial charge on any atom is 0.254 e. The van der Waals surface area contributed by atoms with Crippen molar-refractivity contribution in [2.45, 2.75) is 32.2 Å². The summed E-state index contributed by atoms with van der Waals surface area (Å²) >= 11 is 0. The first-order chi connectivity index (χ1) is 16.6. The van der Waals surface area contributed by atoms with Crippen LogP contribution >= 0.6 is 0 Å². The van der Waals surface area contributed by atoms with Gasteiger partial charge in [-0.1, -0.05) is 30.3 Å². The van der Waals surface area contributed by atoms with Crippen LogP contribution in [0.15, 0.2) is 79.1 Å². The lowest BCUT2D eigenvalue weighted by Gasteiger charge is -2.47. The topological polar surface area (TPSA) is 59.7 Å². The third kappa shape index (κ3) is 5.23. The van der Waals surface area contributed by atoms with Crippen LogP contribution in [0.25, 0.3) is 0 Å². The molecule has 2 fully saturated rings. The predicted octanol–water partition coefficient (Wildman–Crippen LogP) is 4.63. The predicted molar refractivity (Wildman–Crippen MR) is 130 cm³/mol. The Morgan fingerprint density at radius 2 is 1.50 bits per heavy atom. The molecule has 3 heterocycles. The van der Waals surface area contributed by atoms with E-state index in [1.54, 1.807) is 12.1 Å². The Labute approximate surface area is 201 Å². The van der Waals surface area contributed by atoms with Crippen LogP contribution in [0.4, 0.5) is 0 Å². The highest BCUT2D eigenvalue weighted by atomic mass is 16.5. The maximum atomic E-state index is 12.8. The Hall–Kier alpha value is -3.38. The van der Waals surface area contributed by atoms with Gasteiger partial charge in [-0.2, -0.15) is 4.73 Å². The zero-order chi connectivity index (χ0) is 23.4. The summed E-state index contributed by atoms with van der Waals surface area (Å²) in [7, 11) is 0. The lowest BCUT2D eigenvalue weighted by molar-refractivity contribution is -0.605. The van der Waals surface area contributed by atoms with E-state index in [1.807, 2.05) is 41.3 Å². The first-order valence-corrected chi connectivity index (χ1v) is 12.1. The Morgan fingerprint density at radius 3 is 2.21 bits per heavy atom. The number of hydrogen-bond acceptors (Lipinski definition) is 4. The van der Waals surface area contributed by atoms with Gasteiger partial charge >= 0.3 is 0 Å². The van der Waals surface area contributed by atoms with E-state index in [-0.39, 0.29) is 5.91 Å². The van der Waals surface area contributed by atoms with Gasteiger partial charge in [0.2, 0.25) is 0 Å². The third-order valence-corrected chi connectivity index (χ3v) is 7.36. The zero-order valence-electron chi connectivity index (χ0n) is 19.4. The van der Waals surface area contributed by atoms with Crippen LogP contribution in [0, 0.1) is 10.6 Å². The molecule has 0 unspecified atom stereocenters. The van der Waals surface area contributed by atoms with Gasteiger partial charge < -0.3 is 14.8 Å². The smallest absolute Gasteiger partial charge is 0.254 e. The van der Waals surface area contributed by atoms with Crippen molar-refractivity contribution in [2.24, 2.45) is 5.41 Å². The molecule has 0 aliphatic carbocycles. The molecule has 5 rings (SSSR count). The van der Waals surface area contributed by atoms with Gasteiger partial charge in [0, 0.05) is 31.8 Å². The van der Waals surface area contributed by atoms with Crippen molar-refractivity contribution in [2.75, 3.05) is 26.2 Å². The lowest BCUT2D eigenvalue weighted by Crippen LogP contribution is -2.48. The van der Waals surface area contributed by atoms with Crippen molar-refractivity contribution in [1.82, 2.24) is 9.80 Å². The number of rotatable bonds is 5. The summed E-state index contributed by atoms with van der Waals surface area (Å²) in [6.45, 7) is 4.69. The minimum Gasteiger partial charge on any atom is -0.619 e. The van der Waals surface area contributed by atoms with Gasteiger partial charge in [0.15, 0.2) is 12.4 Å². The standard InChI is InChI=1S/C28H31N3O3/c32-27(24-9-15-31(33)16-10-24)30-19-13-28(14-20-30)11-17-29(18-12-28)22-23-5-4-8-26(21-23)34-25-6-2-1-3-7-25/h1-10,15-16,21H,11-14,17-20,22H2. The molecule has 1 spiro atoms. The number of carbonyl (C=O) groups is 1. The van der Waals surface area contributed by atoms with Crippen molar-refractivity contribution >= 4 is 5.91 Å². The summed E-state index contributed by atoms with van der Waals surface area (Å²) < 4.78 is 6.71.